The largest absolute Gasteiger partial charge is 0.0629 e. The molecular formula is C45H30. The van der Waals surface area contributed by atoms with Crippen LogP contribution < -0.4 is 0 Å². The summed E-state index contributed by atoms with van der Waals surface area (Å²) in [6.45, 7) is 0. The van der Waals surface area contributed by atoms with E-state index in [1.54, 1.807) is 12.1 Å². The summed E-state index contributed by atoms with van der Waals surface area (Å²) < 4.78 is 115. The molecule has 0 nitrogen and oxygen atoms in total. The monoisotopic (exact) mass is 583 g/mol. The highest BCUT2D eigenvalue weighted by Gasteiger charge is 2.23. The predicted octanol–water partition coefficient (Wildman–Crippen LogP) is 12.2. The van der Waals surface area contributed by atoms with Crippen LogP contribution >= 0.6 is 0 Å². The van der Waals surface area contributed by atoms with Gasteiger partial charge in [0.1, 0.15) is 0 Å². The van der Waals surface area contributed by atoms with Crippen LogP contribution in [0.2, 0.25) is 0 Å². The van der Waals surface area contributed by atoms with Gasteiger partial charge in [0, 0.05) is 0 Å². The molecule has 0 heterocycles. The van der Waals surface area contributed by atoms with E-state index < -0.39 is 84.1 Å². The van der Waals surface area contributed by atoms with E-state index in [4.69, 9.17) is 12.3 Å². The summed E-state index contributed by atoms with van der Waals surface area (Å²) in [5, 5.41) is -0.687. The lowest BCUT2D eigenvalue weighted by Crippen LogP contribution is -1.91. The third-order valence-corrected chi connectivity index (χ3v) is 8.61. The molecule has 1 aliphatic carbocycles. The third-order valence-electron chi connectivity index (χ3n) is 8.61. The number of benzene rings is 8. The average molecular weight is 584 g/mol. The van der Waals surface area contributed by atoms with Gasteiger partial charge in [0.2, 0.25) is 0 Å². The second kappa shape index (κ2) is 10.5. The highest BCUT2D eigenvalue weighted by atomic mass is 14.3. The molecule has 45 heavy (non-hydrogen) atoms. The zero-order valence-corrected chi connectivity index (χ0v) is 23.9. The molecule has 0 saturated carbocycles. The fourth-order valence-corrected chi connectivity index (χ4v) is 6.67. The van der Waals surface area contributed by atoms with Crippen molar-refractivity contribution in [3.8, 4) is 55.6 Å². The first-order chi connectivity index (χ1) is 27.7. The molecule has 9 rings (SSSR count). The fraction of sp³-hybridized carbons (Fsp3) is 0.0222. The van der Waals surface area contributed by atoms with E-state index in [0.29, 0.717) is 5.56 Å². The molecule has 0 aliphatic heterocycles. The Bertz CT molecular complexity index is 3010. The normalized spacial score (nSPS) is 16.0. The average Bonchev–Trinajstić information content (AvgIpc) is 3.62. The Labute approximate surface area is 282 Å². The van der Waals surface area contributed by atoms with E-state index in [9.17, 15) is 5.48 Å². The summed E-state index contributed by atoms with van der Waals surface area (Å²) >= 11 is 0. The van der Waals surface area contributed by atoms with Gasteiger partial charge in [-0.2, -0.15) is 0 Å². The summed E-state index contributed by atoms with van der Waals surface area (Å²) in [4.78, 5) is 0. The van der Waals surface area contributed by atoms with Gasteiger partial charge in [-0.05, 0) is 107 Å². The summed E-state index contributed by atoms with van der Waals surface area (Å²) in [5.74, 6) is 0. The van der Waals surface area contributed by atoms with Gasteiger partial charge in [0.15, 0.2) is 0 Å². The van der Waals surface area contributed by atoms with Crippen LogP contribution in [0.3, 0.4) is 0 Å². The molecule has 1 aliphatic rings. The van der Waals surface area contributed by atoms with Gasteiger partial charge in [0.05, 0.1) is 17.8 Å². The summed E-state index contributed by atoms with van der Waals surface area (Å²) in [6.07, 6.45) is 0.730. The zero-order chi connectivity index (χ0) is 41.1. The summed E-state index contributed by atoms with van der Waals surface area (Å²) in [6, 6.07) is 21.7. The molecular weight excluding hydrogens is 540 g/mol. The van der Waals surface area contributed by atoms with Crippen LogP contribution in [-0.2, 0) is 6.42 Å². The van der Waals surface area contributed by atoms with Crippen molar-refractivity contribution in [1.29, 1.82) is 0 Å². The molecule has 0 amide bonds. The maximum Gasteiger partial charge on any atom is 0.0629 e. The van der Waals surface area contributed by atoms with Crippen molar-refractivity contribution in [2.24, 2.45) is 0 Å². The van der Waals surface area contributed by atoms with Crippen molar-refractivity contribution < 1.29 is 17.8 Å². The first kappa shape index (κ1) is 15.8. The van der Waals surface area contributed by atoms with Crippen LogP contribution in [0.4, 0.5) is 0 Å². The van der Waals surface area contributed by atoms with E-state index in [0.717, 1.165) is 45.4 Å². The molecule has 0 fully saturated rings. The maximum absolute atomic E-state index is 9.31. The minimum absolute atomic E-state index is 0.0984. The Kier molecular flexibility index (Phi) is 3.69. The Balaban J connectivity index is 1.41. The SMILES string of the molecule is [2H]c1c([2H])c([2H])c(-c2c3c([2H])c([2H])c([2H])c([2H])c3c(-c3cccc(-c4cccc5c4-c4cc(-c6ccccc6)ccc4C5)c3)c3c([2H])c([2H])c([2H])c([2H])c23)c([2H])c1[2H]. The summed E-state index contributed by atoms with van der Waals surface area (Å²) in [7, 11) is 0. The van der Waals surface area contributed by atoms with Gasteiger partial charge in [-0.3, -0.25) is 0 Å². The lowest BCUT2D eigenvalue weighted by Gasteiger charge is -2.18. The molecule has 0 N–H and O–H groups in total. The minimum atomic E-state index is -0.705. The molecule has 0 aromatic heterocycles. The second-order valence-electron chi connectivity index (χ2n) is 11.1. The van der Waals surface area contributed by atoms with Gasteiger partial charge in [-0.15, -0.1) is 0 Å². The molecule has 0 radical (unpaired) electrons. The first-order valence-electron chi connectivity index (χ1n) is 21.2. The van der Waals surface area contributed by atoms with Gasteiger partial charge >= 0.3 is 0 Å². The van der Waals surface area contributed by atoms with Crippen LogP contribution in [0.15, 0.2) is 170 Å². The van der Waals surface area contributed by atoms with E-state index in [-0.39, 0.29) is 32.7 Å². The summed E-state index contributed by atoms with van der Waals surface area (Å²) in [5.41, 5.74) is 7.98. The van der Waals surface area contributed by atoms with E-state index >= 15 is 0 Å². The maximum atomic E-state index is 9.31. The van der Waals surface area contributed by atoms with Crippen LogP contribution in [0.1, 0.15) is 28.9 Å². The van der Waals surface area contributed by atoms with Gasteiger partial charge in [-0.25, -0.2) is 0 Å². The molecule has 0 atom stereocenters. The number of hydrogen-bond acceptors (Lipinski definition) is 0. The minimum Gasteiger partial charge on any atom is -0.0622 e. The second-order valence-corrected chi connectivity index (χ2v) is 11.1. The van der Waals surface area contributed by atoms with Crippen molar-refractivity contribution in [3.63, 3.8) is 0 Å². The van der Waals surface area contributed by atoms with Crippen molar-refractivity contribution >= 4 is 21.5 Å². The van der Waals surface area contributed by atoms with Crippen LogP contribution in [-0.4, -0.2) is 0 Å². The predicted molar refractivity (Wildman–Crippen MR) is 191 cm³/mol. The van der Waals surface area contributed by atoms with Crippen molar-refractivity contribution in [3.05, 3.63) is 181 Å². The lowest BCUT2D eigenvalue weighted by atomic mass is 9.85. The molecule has 0 bridgehead atoms. The number of rotatable bonds is 4. The molecule has 0 heteroatoms. The lowest BCUT2D eigenvalue weighted by molar-refractivity contribution is 1.26. The topological polar surface area (TPSA) is 0 Å². The van der Waals surface area contributed by atoms with Gasteiger partial charge < -0.3 is 0 Å². The van der Waals surface area contributed by atoms with Gasteiger partial charge in [0.25, 0.3) is 0 Å². The van der Waals surface area contributed by atoms with E-state index in [1.165, 1.54) is 5.56 Å². The Morgan fingerprint density at radius 2 is 0.956 bits per heavy atom. The van der Waals surface area contributed by atoms with Crippen molar-refractivity contribution in [2.75, 3.05) is 0 Å². The molecule has 8 aromatic rings. The molecule has 0 saturated heterocycles. The third kappa shape index (κ3) is 4.22. The van der Waals surface area contributed by atoms with E-state index in [2.05, 4.69) is 36.4 Å². The van der Waals surface area contributed by atoms with Crippen LogP contribution in [0.25, 0.3) is 77.2 Å². The molecule has 210 valence electrons. The van der Waals surface area contributed by atoms with E-state index in [1.807, 2.05) is 42.5 Å². The molecule has 0 unspecified atom stereocenters. The van der Waals surface area contributed by atoms with Crippen LogP contribution in [0.5, 0.6) is 0 Å². The molecule has 0 spiro atoms. The van der Waals surface area contributed by atoms with Crippen molar-refractivity contribution in [2.45, 2.75) is 6.42 Å². The van der Waals surface area contributed by atoms with Crippen LogP contribution in [0, 0.1) is 0 Å². The quantitative estimate of drug-likeness (QED) is 0.181. The van der Waals surface area contributed by atoms with Crippen molar-refractivity contribution in [1.82, 2.24) is 0 Å². The van der Waals surface area contributed by atoms with Gasteiger partial charge in [-0.1, -0.05) is 157 Å². The molecule has 8 aromatic carbocycles. The standard InChI is InChI=1S/C45H30/c1-3-13-30(14-4-1)32-25-26-34-28-35-19-12-24-37(44(35)42(34)29-32)33-17-11-18-36(27-33)45-40-22-9-7-20-38(40)43(31-15-5-2-6-16-31)39-21-8-10-23-41(39)45/h1-27,29H,28H2/i2D,5D,6D,7D,8D,9D,10D,15D,16D,20D,21D,22D,23D. The Hall–Kier alpha value is -5.72. The first-order valence-corrected chi connectivity index (χ1v) is 14.7. The number of fused-ring (bicyclic) bond motifs is 5. The smallest absolute Gasteiger partial charge is 0.0622 e. The Morgan fingerprint density at radius 3 is 1.67 bits per heavy atom. The highest BCUT2D eigenvalue weighted by molar-refractivity contribution is 6.21. The zero-order valence-electron chi connectivity index (χ0n) is 36.9. The Morgan fingerprint density at radius 1 is 0.356 bits per heavy atom. The highest BCUT2D eigenvalue weighted by Crippen LogP contribution is 2.47. The number of hydrogen-bond donors (Lipinski definition) is 0. The fourth-order valence-electron chi connectivity index (χ4n) is 6.67.